The van der Waals surface area contributed by atoms with Gasteiger partial charge in [-0.05, 0) is 12.8 Å². The SMILES string of the molecule is CC(=O)N[C@@H](C)C(=O)N[C@@H](C(C)C)C1N=C(Nc2ncc[nH]2)NC1=O. The first kappa shape index (κ1) is 18.4. The van der Waals surface area contributed by atoms with E-state index in [1.807, 2.05) is 13.8 Å². The van der Waals surface area contributed by atoms with Gasteiger partial charge in [0.25, 0.3) is 5.91 Å². The van der Waals surface area contributed by atoms with E-state index in [0.717, 1.165) is 0 Å². The fourth-order valence-corrected chi connectivity index (χ4v) is 2.44. The zero-order valence-corrected chi connectivity index (χ0v) is 14.6. The van der Waals surface area contributed by atoms with Crippen LogP contribution in [0.3, 0.4) is 0 Å². The Bertz CT molecular complexity index is 669. The third kappa shape index (κ3) is 4.78. The van der Waals surface area contributed by atoms with Crippen LogP contribution in [0.5, 0.6) is 0 Å². The molecule has 0 spiro atoms. The predicted octanol–water partition coefficient (Wildman–Crippen LogP) is -0.659. The van der Waals surface area contributed by atoms with Crippen LogP contribution in [-0.4, -0.2) is 51.8 Å². The number of anilines is 1. The second kappa shape index (κ2) is 7.77. The number of nitrogens with zero attached hydrogens (tertiary/aromatic N) is 2. The second-order valence-electron chi connectivity index (χ2n) is 6.18. The molecule has 1 aliphatic heterocycles. The third-order valence-corrected chi connectivity index (χ3v) is 3.69. The van der Waals surface area contributed by atoms with Crippen LogP contribution in [-0.2, 0) is 14.4 Å². The number of hydrogen-bond donors (Lipinski definition) is 5. The van der Waals surface area contributed by atoms with E-state index in [1.54, 1.807) is 19.3 Å². The Morgan fingerprint density at radius 2 is 1.96 bits per heavy atom. The molecule has 0 saturated heterocycles. The molecule has 0 radical (unpaired) electrons. The summed E-state index contributed by atoms with van der Waals surface area (Å²) < 4.78 is 0. The van der Waals surface area contributed by atoms with Crippen molar-refractivity contribution in [1.82, 2.24) is 25.9 Å². The van der Waals surface area contributed by atoms with Crippen molar-refractivity contribution in [2.24, 2.45) is 10.9 Å². The molecule has 1 unspecified atom stereocenters. The van der Waals surface area contributed by atoms with Crippen molar-refractivity contribution < 1.29 is 14.4 Å². The van der Waals surface area contributed by atoms with Crippen molar-refractivity contribution in [3.05, 3.63) is 12.4 Å². The summed E-state index contributed by atoms with van der Waals surface area (Å²) in [5.41, 5.74) is 0. The highest BCUT2D eigenvalue weighted by atomic mass is 16.2. The fourth-order valence-electron chi connectivity index (χ4n) is 2.44. The van der Waals surface area contributed by atoms with E-state index < -0.39 is 18.1 Å². The number of H-pyrrole nitrogens is 1. The van der Waals surface area contributed by atoms with Crippen molar-refractivity contribution in [2.45, 2.75) is 45.8 Å². The molecule has 3 amide bonds. The number of amides is 3. The summed E-state index contributed by atoms with van der Waals surface area (Å²) in [4.78, 5) is 46.8. The van der Waals surface area contributed by atoms with Crippen LogP contribution in [0.4, 0.5) is 5.95 Å². The number of hydrogen-bond acceptors (Lipinski definition) is 6. The van der Waals surface area contributed by atoms with Gasteiger partial charge in [0.05, 0.1) is 6.04 Å². The Balaban J connectivity index is 2.08. The lowest BCUT2D eigenvalue weighted by Gasteiger charge is -2.26. The Labute approximate surface area is 145 Å². The fraction of sp³-hybridized carbons (Fsp3) is 0.533. The molecule has 25 heavy (non-hydrogen) atoms. The zero-order valence-electron chi connectivity index (χ0n) is 14.6. The number of guanidine groups is 1. The number of aromatic amines is 1. The van der Waals surface area contributed by atoms with Crippen molar-refractivity contribution in [3.63, 3.8) is 0 Å². The quantitative estimate of drug-likeness (QED) is 0.464. The number of imidazole rings is 1. The molecule has 2 heterocycles. The molecule has 1 aromatic heterocycles. The van der Waals surface area contributed by atoms with Crippen molar-refractivity contribution in [3.8, 4) is 0 Å². The average Bonchev–Trinajstić information content (AvgIpc) is 3.13. The number of carbonyl (C=O) groups excluding carboxylic acids is 3. The van der Waals surface area contributed by atoms with Gasteiger partial charge in [0.15, 0.2) is 6.04 Å². The van der Waals surface area contributed by atoms with Gasteiger partial charge >= 0.3 is 0 Å². The van der Waals surface area contributed by atoms with E-state index >= 15 is 0 Å². The first-order valence-electron chi connectivity index (χ1n) is 8.00. The Morgan fingerprint density at radius 1 is 1.24 bits per heavy atom. The van der Waals surface area contributed by atoms with E-state index in [-0.39, 0.29) is 29.6 Å². The minimum Gasteiger partial charge on any atom is -0.349 e. The molecule has 0 saturated carbocycles. The number of aromatic nitrogens is 2. The predicted molar refractivity (Wildman–Crippen MR) is 91.6 cm³/mol. The lowest BCUT2D eigenvalue weighted by molar-refractivity contribution is -0.129. The molecule has 0 aromatic carbocycles. The molecule has 0 aliphatic carbocycles. The van der Waals surface area contributed by atoms with Gasteiger partial charge in [-0.2, -0.15) is 0 Å². The number of rotatable bonds is 6. The molecule has 1 aromatic rings. The van der Waals surface area contributed by atoms with Crippen LogP contribution < -0.4 is 21.3 Å². The number of aliphatic imine (C=N–C) groups is 1. The van der Waals surface area contributed by atoms with E-state index in [9.17, 15) is 14.4 Å². The Kier molecular flexibility index (Phi) is 5.73. The van der Waals surface area contributed by atoms with Crippen LogP contribution in [0, 0.1) is 5.92 Å². The number of carbonyl (C=O) groups is 3. The second-order valence-corrected chi connectivity index (χ2v) is 6.18. The molecule has 10 heteroatoms. The summed E-state index contributed by atoms with van der Waals surface area (Å²) in [7, 11) is 0. The van der Waals surface area contributed by atoms with Crippen molar-refractivity contribution in [1.29, 1.82) is 0 Å². The Morgan fingerprint density at radius 3 is 2.52 bits per heavy atom. The molecule has 136 valence electrons. The molecule has 10 nitrogen and oxygen atoms in total. The minimum absolute atomic E-state index is 0.0454. The monoisotopic (exact) mass is 349 g/mol. The summed E-state index contributed by atoms with van der Waals surface area (Å²) in [5, 5.41) is 10.8. The van der Waals surface area contributed by atoms with Crippen molar-refractivity contribution in [2.75, 3.05) is 5.32 Å². The van der Waals surface area contributed by atoms with Crippen molar-refractivity contribution >= 4 is 29.6 Å². The standard InChI is InChI=1S/C15H23N7O3/c1-7(2)10(19-12(24)8(3)18-9(4)23)11-13(25)21-15(20-11)22-14-16-5-6-17-14/h5-8,10-11H,1-4H3,(H,18,23)(H,19,24)(H3,16,17,20,21,22,25)/t8-,10-,11?/m0/s1. The van der Waals surface area contributed by atoms with E-state index in [2.05, 4.69) is 36.2 Å². The molecule has 0 fully saturated rings. The van der Waals surface area contributed by atoms with Crippen LogP contribution in [0.1, 0.15) is 27.7 Å². The van der Waals surface area contributed by atoms with Crippen LogP contribution in [0.2, 0.25) is 0 Å². The topological polar surface area (TPSA) is 140 Å². The molecular formula is C15H23N7O3. The highest BCUT2D eigenvalue weighted by Gasteiger charge is 2.37. The maximum atomic E-state index is 12.3. The lowest BCUT2D eigenvalue weighted by Crippen LogP contribution is -2.54. The maximum absolute atomic E-state index is 12.3. The molecule has 0 bridgehead atoms. The van der Waals surface area contributed by atoms with Crippen LogP contribution in [0.15, 0.2) is 17.4 Å². The van der Waals surface area contributed by atoms with Gasteiger partial charge in [0, 0.05) is 19.3 Å². The van der Waals surface area contributed by atoms with Gasteiger partial charge in [-0.3, -0.25) is 25.0 Å². The summed E-state index contributed by atoms with van der Waals surface area (Å²) in [6, 6.07) is -1.99. The zero-order chi connectivity index (χ0) is 18.6. The van der Waals surface area contributed by atoms with Gasteiger partial charge in [0.2, 0.25) is 23.7 Å². The largest absolute Gasteiger partial charge is 0.349 e. The number of nitrogens with one attached hydrogen (secondary N) is 5. The van der Waals surface area contributed by atoms with E-state index in [4.69, 9.17) is 0 Å². The Hall–Kier alpha value is -2.91. The molecule has 1 aliphatic rings. The first-order valence-corrected chi connectivity index (χ1v) is 8.00. The van der Waals surface area contributed by atoms with E-state index in [0.29, 0.717) is 5.95 Å². The average molecular weight is 349 g/mol. The molecule has 3 atom stereocenters. The van der Waals surface area contributed by atoms with Gasteiger partial charge < -0.3 is 15.6 Å². The van der Waals surface area contributed by atoms with Crippen LogP contribution >= 0.6 is 0 Å². The smallest absolute Gasteiger partial charge is 0.253 e. The summed E-state index contributed by atoms with van der Waals surface area (Å²) in [6.45, 7) is 6.69. The lowest BCUT2D eigenvalue weighted by atomic mass is 9.96. The van der Waals surface area contributed by atoms with Gasteiger partial charge in [-0.25, -0.2) is 9.98 Å². The van der Waals surface area contributed by atoms with Gasteiger partial charge in [-0.15, -0.1) is 0 Å². The molecule has 2 rings (SSSR count). The maximum Gasteiger partial charge on any atom is 0.253 e. The summed E-state index contributed by atoms with van der Waals surface area (Å²) in [5.74, 6) is -0.324. The van der Waals surface area contributed by atoms with Gasteiger partial charge in [0.1, 0.15) is 6.04 Å². The first-order chi connectivity index (χ1) is 11.8. The molecular weight excluding hydrogens is 326 g/mol. The molecule has 5 N–H and O–H groups in total. The summed E-state index contributed by atoms with van der Waals surface area (Å²) >= 11 is 0. The third-order valence-electron chi connectivity index (χ3n) is 3.69. The van der Waals surface area contributed by atoms with E-state index in [1.165, 1.54) is 6.92 Å². The van der Waals surface area contributed by atoms with Crippen LogP contribution in [0.25, 0.3) is 0 Å². The highest BCUT2D eigenvalue weighted by molar-refractivity contribution is 6.10. The normalized spacial score (nSPS) is 19.0. The minimum atomic E-state index is -0.772. The van der Waals surface area contributed by atoms with Gasteiger partial charge in [-0.1, -0.05) is 13.8 Å². The summed E-state index contributed by atoms with van der Waals surface area (Å²) in [6.07, 6.45) is 3.20. The highest BCUT2D eigenvalue weighted by Crippen LogP contribution is 2.15.